The Bertz CT molecular complexity index is 295. The predicted octanol–water partition coefficient (Wildman–Crippen LogP) is -0.443. The maximum Gasteiger partial charge on any atom is 0.246 e. The summed E-state index contributed by atoms with van der Waals surface area (Å²) in [5.41, 5.74) is 5.36. The number of carbonyl (C=O) groups is 1. The Morgan fingerprint density at radius 1 is 1.85 bits per heavy atom. The minimum Gasteiger partial charge on any atom is -0.381 e. The topological polar surface area (TPSA) is 85.8 Å². The Balaban J connectivity index is 2.67. The normalized spacial score (nSPS) is 12.5. The first kappa shape index (κ1) is 9.50. The summed E-state index contributed by atoms with van der Waals surface area (Å²) in [4.78, 5) is 12.6. The lowest BCUT2D eigenvalue weighted by Gasteiger charge is -2.09. The number of amides is 1. The number of aromatic nitrogens is 3. The Morgan fingerprint density at radius 3 is 3.00 bits per heavy atom. The molecule has 6 nitrogen and oxygen atoms in total. The van der Waals surface area contributed by atoms with Gasteiger partial charge in [0.1, 0.15) is 6.04 Å². The van der Waals surface area contributed by atoms with E-state index in [0.717, 1.165) is 0 Å². The molecule has 1 atom stereocenters. The number of nitrogen functional groups attached to an aromatic ring is 1. The van der Waals surface area contributed by atoms with E-state index in [1.54, 1.807) is 6.92 Å². The van der Waals surface area contributed by atoms with Gasteiger partial charge in [-0.05, 0) is 13.8 Å². The summed E-state index contributed by atoms with van der Waals surface area (Å²) in [7, 11) is 0. The Labute approximate surface area is 76.1 Å². The Morgan fingerprint density at radius 2 is 2.54 bits per heavy atom. The van der Waals surface area contributed by atoms with Crippen molar-refractivity contribution in [3.05, 3.63) is 6.20 Å². The van der Waals surface area contributed by atoms with Crippen LogP contribution in [-0.2, 0) is 4.79 Å². The standard InChI is InChI=1S/C7H13N5O/c1-3-9-7(13)5(2)12-10-4-6(8)11-12/h4-5H,3H2,1-2H3,(H2,8,11)(H,9,13). The van der Waals surface area contributed by atoms with Crippen LogP contribution in [0.3, 0.4) is 0 Å². The van der Waals surface area contributed by atoms with E-state index in [1.165, 1.54) is 11.0 Å². The molecule has 0 bridgehead atoms. The van der Waals surface area contributed by atoms with Crippen LogP contribution in [0.2, 0.25) is 0 Å². The summed E-state index contributed by atoms with van der Waals surface area (Å²) in [5, 5.41) is 10.3. The summed E-state index contributed by atoms with van der Waals surface area (Å²) < 4.78 is 0. The van der Waals surface area contributed by atoms with E-state index in [2.05, 4.69) is 15.5 Å². The molecule has 0 saturated heterocycles. The molecule has 0 radical (unpaired) electrons. The zero-order valence-electron chi connectivity index (χ0n) is 7.69. The van der Waals surface area contributed by atoms with Gasteiger partial charge in [-0.3, -0.25) is 4.79 Å². The van der Waals surface area contributed by atoms with Crippen molar-refractivity contribution in [1.82, 2.24) is 20.3 Å². The van der Waals surface area contributed by atoms with Crippen LogP contribution >= 0.6 is 0 Å². The van der Waals surface area contributed by atoms with Gasteiger partial charge in [-0.1, -0.05) is 0 Å². The highest BCUT2D eigenvalue weighted by atomic mass is 16.2. The van der Waals surface area contributed by atoms with Crippen LogP contribution in [-0.4, -0.2) is 27.4 Å². The van der Waals surface area contributed by atoms with E-state index in [9.17, 15) is 4.79 Å². The second-order valence-electron chi connectivity index (χ2n) is 2.66. The van der Waals surface area contributed by atoms with Gasteiger partial charge < -0.3 is 11.1 Å². The molecule has 1 amide bonds. The summed E-state index contributed by atoms with van der Waals surface area (Å²) >= 11 is 0. The fourth-order valence-electron chi connectivity index (χ4n) is 0.902. The van der Waals surface area contributed by atoms with Crippen molar-refractivity contribution in [2.45, 2.75) is 19.9 Å². The minimum atomic E-state index is -0.419. The molecule has 3 N–H and O–H groups in total. The fraction of sp³-hybridized carbons (Fsp3) is 0.571. The predicted molar refractivity (Wildman–Crippen MR) is 47.8 cm³/mol. The van der Waals surface area contributed by atoms with Gasteiger partial charge in [0.2, 0.25) is 5.91 Å². The van der Waals surface area contributed by atoms with Crippen molar-refractivity contribution < 1.29 is 4.79 Å². The third-order valence-electron chi connectivity index (χ3n) is 1.60. The van der Waals surface area contributed by atoms with Crippen LogP contribution in [0.25, 0.3) is 0 Å². The first-order chi connectivity index (χ1) is 6.15. The first-order valence-electron chi connectivity index (χ1n) is 4.10. The number of nitrogens with two attached hydrogens (primary N) is 1. The van der Waals surface area contributed by atoms with Crippen molar-refractivity contribution in [2.24, 2.45) is 0 Å². The van der Waals surface area contributed by atoms with Gasteiger partial charge in [-0.25, -0.2) is 0 Å². The van der Waals surface area contributed by atoms with Crippen LogP contribution in [0.5, 0.6) is 0 Å². The average molecular weight is 183 g/mol. The lowest BCUT2D eigenvalue weighted by atomic mass is 10.3. The molecule has 1 rings (SSSR count). The van der Waals surface area contributed by atoms with Gasteiger partial charge >= 0.3 is 0 Å². The van der Waals surface area contributed by atoms with Crippen molar-refractivity contribution in [3.63, 3.8) is 0 Å². The summed E-state index contributed by atoms with van der Waals surface area (Å²) in [5.74, 6) is 0.203. The van der Waals surface area contributed by atoms with Crippen LogP contribution in [0.15, 0.2) is 6.20 Å². The first-order valence-corrected chi connectivity index (χ1v) is 4.10. The third-order valence-corrected chi connectivity index (χ3v) is 1.60. The summed E-state index contributed by atoms with van der Waals surface area (Å²) in [6.45, 7) is 4.17. The number of nitrogens with zero attached hydrogens (tertiary/aromatic N) is 3. The molecule has 72 valence electrons. The number of likely N-dealkylation sites (N-methyl/N-ethyl adjacent to an activating group) is 1. The van der Waals surface area contributed by atoms with Crippen molar-refractivity contribution >= 4 is 11.7 Å². The second kappa shape index (κ2) is 3.88. The number of nitrogens with one attached hydrogen (secondary N) is 1. The third kappa shape index (κ3) is 2.17. The second-order valence-corrected chi connectivity index (χ2v) is 2.66. The van der Waals surface area contributed by atoms with Gasteiger partial charge in [0, 0.05) is 6.54 Å². The number of carbonyl (C=O) groups excluding carboxylic acids is 1. The van der Waals surface area contributed by atoms with E-state index in [1.807, 2.05) is 6.92 Å². The highest BCUT2D eigenvalue weighted by Gasteiger charge is 2.15. The smallest absolute Gasteiger partial charge is 0.246 e. The maximum atomic E-state index is 11.3. The molecule has 13 heavy (non-hydrogen) atoms. The number of anilines is 1. The average Bonchev–Trinajstić information content (AvgIpc) is 2.51. The highest BCUT2D eigenvalue weighted by Crippen LogP contribution is 2.02. The Kier molecular flexibility index (Phi) is 2.84. The molecule has 0 saturated carbocycles. The highest BCUT2D eigenvalue weighted by molar-refractivity contribution is 5.79. The SMILES string of the molecule is CCNC(=O)C(C)n1ncc(N)n1. The van der Waals surface area contributed by atoms with E-state index in [0.29, 0.717) is 12.4 Å². The van der Waals surface area contributed by atoms with Gasteiger partial charge in [0.15, 0.2) is 5.82 Å². The van der Waals surface area contributed by atoms with Gasteiger partial charge in [0.05, 0.1) is 6.20 Å². The molecule has 0 aliphatic rings. The lowest BCUT2D eigenvalue weighted by Crippen LogP contribution is -2.31. The molecule has 1 aromatic rings. The molecular formula is C7H13N5O. The molecule has 6 heteroatoms. The zero-order chi connectivity index (χ0) is 9.84. The van der Waals surface area contributed by atoms with Gasteiger partial charge in [-0.2, -0.15) is 9.90 Å². The number of rotatable bonds is 3. The molecule has 0 aliphatic heterocycles. The van der Waals surface area contributed by atoms with Gasteiger partial charge in [-0.15, -0.1) is 5.10 Å². The number of hydrogen-bond acceptors (Lipinski definition) is 4. The van der Waals surface area contributed by atoms with Crippen LogP contribution in [0.4, 0.5) is 5.82 Å². The van der Waals surface area contributed by atoms with Crippen LogP contribution in [0, 0.1) is 0 Å². The number of hydrogen-bond donors (Lipinski definition) is 2. The van der Waals surface area contributed by atoms with E-state index >= 15 is 0 Å². The molecule has 0 aliphatic carbocycles. The van der Waals surface area contributed by atoms with E-state index in [4.69, 9.17) is 5.73 Å². The summed E-state index contributed by atoms with van der Waals surface area (Å²) in [6.07, 6.45) is 1.41. The molecule has 0 spiro atoms. The molecular weight excluding hydrogens is 170 g/mol. The van der Waals surface area contributed by atoms with E-state index < -0.39 is 6.04 Å². The molecule has 1 heterocycles. The molecule has 0 fully saturated rings. The monoisotopic (exact) mass is 183 g/mol. The fourth-order valence-corrected chi connectivity index (χ4v) is 0.902. The van der Waals surface area contributed by atoms with Crippen LogP contribution < -0.4 is 11.1 Å². The summed E-state index contributed by atoms with van der Waals surface area (Å²) in [6, 6.07) is -0.419. The quantitative estimate of drug-likeness (QED) is 0.665. The van der Waals surface area contributed by atoms with Crippen LogP contribution in [0.1, 0.15) is 19.9 Å². The Hall–Kier alpha value is -1.59. The minimum absolute atomic E-state index is 0.113. The van der Waals surface area contributed by atoms with Gasteiger partial charge in [0.25, 0.3) is 0 Å². The van der Waals surface area contributed by atoms with Crippen molar-refractivity contribution in [3.8, 4) is 0 Å². The van der Waals surface area contributed by atoms with Crippen molar-refractivity contribution in [1.29, 1.82) is 0 Å². The molecule has 1 unspecified atom stereocenters. The largest absolute Gasteiger partial charge is 0.381 e. The molecule has 1 aromatic heterocycles. The lowest BCUT2D eigenvalue weighted by molar-refractivity contribution is -0.124. The maximum absolute atomic E-state index is 11.3. The van der Waals surface area contributed by atoms with Crippen molar-refractivity contribution in [2.75, 3.05) is 12.3 Å². The zero-order valence-corrected chi connectivity index (χ0v) is 7.69. The van der Waals surface area contributed by atoms with E-state index in [-0.39, 0.29) is 5.91 Å². The molecule has 0 aromatic carbocycles.